The lowest BCUT2D eigenvalue weighted by atomic mass is 10.1. The molecule has 1 aromatic carbocycles. The van der Waals surface area contributed by atoms with Gasteiger partial charge < -0.3 is 15.2 Å². The largest absolute Gasteiger partial charge is 0.481 e. The number of aromatic nitrogens is 2. The van der Waals surface area contributed by atoms with Crippen LogP contribution >= 0.6 is 0 Å². The van der Waals surface area contributed by atoms with E-state index in [1.807, 2.05) is 31.2 Å². The van der Waals surface area contributed by atoms with Crippen LogP contribution in [0.3, 0.4) is 0 Å². The van der Waals surface area contributed by atoms with E-state index >= 15 is 0 Å². The lowest BCUT2D eigenvalue weighted by molar-refractivity contribution is -0.133. The van der Waals surface area contributed by atoms with Crippen LogP contribution in [0.4, 0.5) is 5.82 Å². The van der Waals surface area contributed by atoms with Crippen molar-refractivity contribution in [3.8, 4) is 5.88 Å². The normalized spacial score (nSPS) is 16.5. The summed E-state index contributed by atoms with van der Waals surface area (Å²) in [4.78, 5) is 35.5. The van der Waals surface area contributed by atoms with Gasteiger partial charge in [0.15, 0.2) is 11.9 Å². The van der Waals surface area contributed by atoms with Crippen molar-refractivity contribution in [1.82, 2.24) is 9.97 Å². The fourth-order valence-electron chi connectivity index (χ4n) is 3.56. The van der Waals surface area contributed by atoms with Gasteiger partial charge in [0.25, 0.3) is 5.91 Å². The Bertz CT molecular complexity index is 1120. The molecule has 1 aliphatic rings. The van der Waals surface area contributed by atoms with Crippen LogP contribution in [-0.4, -0.2) is 35.0 Å². The zero-order valence-electron chi connectivity index (χ0n) is 16.7. The Morgan fingerprint density at radius 1 is 1.17 bits per heavy atom. The minimum atomic E-state index is -0.819. The Labute approximate surface area is 173 Å². The summed E-state index contributed by atoms with van der Waals surface area (Å²) in [5, 5.41) is 0.808. The molecule has 3 aromatic rings. The number of hydrogen-bond donors (Lipinski definition) is 1. The van der Waals surface area contributed by atoms with Gasteiger partial charge in [0.05, 0.1) is 7.11 Å². The van der Waals surface area contributed by atoms with Crippen LogP contribution in [0.5, 0.6) is 5.88 Å². The molecule has 2 aromatic heterocycles. The summed E-state index contributed by atoms with van der Waals surface area (Å²) in [6.45, 7) is 1.94. The molecule has 2 unspecified atom stereocenters. The number of nitrogens with zero attached hydrogens (tertiary/aromatic N) is 3. The number of amides is 2. The van der Waals surface area contributed by atoms with Gasteiger partial charge in [-0.3, -0.25) is 14.5 Å². The SMILES string of the molecule is CCCC(OC1c2ccccc2C(=O)N1c1ccc2ccc(OC)nc2n1)C(N)=O. The third kappa shape index (κ3) is 3.46. The molecule has 2 amide bonds. The highest BCUT2D eigenvalue weighted by molar-refractivity contribution is 6.10. The van der Waals surface area contributed by atoms with Crippen LogP contribution in [0.1, 0.15) is 41.9 Å². The smallest absolute Gasteiger partial charge is 0.262 e. The van der Waals surface area contributed by atoms with E-state index in [-0.39, 0.29) is 5.91 Å². The average Bonchev–Trinajstić information content (AvgIpc) is 3.04. The standard InChI is InChI=1S/C22H22N4O4/c1-3-6-16(19(23)27)30-22-15-8-5-4-7-14(15)21(28)26(22)17-11-9-13-10-12-18(29-2)25-20(13)24-17/h4-5,7-12,16,22H,3,6H2,1-2H3,(H2,23,27). The van der Waals surface area contributed by atoms with Crippen LogP contribution in [0.25, 0.3) is 11.0 Å². The van der Waals surface area contributed by atoms with E-state index in [4.69, 9.17) is 15.2 Å². The number of carbonyl (C=O) groups excluding carboxylic acids is 2. The van der Waals surface area contributed by atoms with Crippen LogP contribution in [-0.2, 0) is 9.53 Å². The molecule has 0 saturated carbocycles. The van der Waals surface area contributed by atoms with Gasteiger partial charge in [0, 0.05) is 22.6 Å². The highest BCUT2D eigenvalue weighted by Gasteiger charge is 2.41. The number of benzene rings is 1. The molecule has 0 spiro atoms. The van der Waals surface area contributed by atoms with E-state index in [0.717, 1.165) is 5.39 Å². The predicted molar refractivity (Wildman–Crippen MR) is 111 cm³/mol. The number of hydrogen-bond acceptors (Lipinski definition) is 6. The predicted octanol–water partition coefficient (Wildman–Crippen LogP) is 2.97. The van der Waals surface area contributed by atoms with Gasteiger partial charge in [0.1, 0.15) is 11.9 Å². The van der Waals surface area contributed by atoms with Crippen LogP contribution in [0.15, 0.2) is 48.5 Å². The van der Waals surface area contributed by atoms with Crippen molar-refractivity contribution < 1.29 is 19.1 Å². The van der Waals surface area contributed by atoms with Gasteiger partial charge in [-0.1, -0.05) is 31.5 Å². The Balaban J connectivity index is 1.79. The molecular weight excluding hydrogens is 384 g/mol. The van der Waals surface area contributed by atoms with Gasteiger partial charge in [-0.2, -0.15) is 4.98 Å². The molecular formula is C22H22N4O4. The second-order valence-corrected chi connectivity index (χ2v) is 7.00. The molecule has 30 heavy (non-hydrogen) atoms. The molecule has 0 saturated heterocycles. The van der Waals surface area contributed by atoms with Gasteiger partial charge in [0.2, 0.25) is 11.8 Å². The maximum Gasteiger partial charge on any atom is 0.262 e. The molecule has 2 N–H and O–H groups in total. The molecule has 4 rings (SSSR count). The molecule has 8 heteroatoms. The van der Waals surface area contributed by atoms with Crippen LogP contribution in [0.2, 0.25) is 0 Å². The molecule has 3 heterocycles. The second-order valence-electron chi connectivity index (χ2n) is 7.00. The van der Waals surface area contributed by atoms with E-state index in [9.17, 15) is 9.59 Å². The maximum absolute atomic E-state index is 13.2. The number of carbonyl (C=O) groups is 2. The van der Waals surface area contributed by atoms with Gasteiger partial charge in [-0.15, -0.1) is 0 Å². The van der Waals surface area contributed by atoms with E-state index in [1.54, 1.807) is 24.3 Å². The van der Waals surface area contributed by atoms with E-state index in [1.165, 1.54) is 12.0 Å². The Morgan fingerprint density at radius 3 is 2.67 bits per heavy atom. The summed E-state index contributed by atoms with van der Waals surface area (Å²) in [6.07, 6.45) is -0.457. The van der Waals surface area contributed by atoms with E-state index in [2.05, 4.69) is 9.97 Å². The Hall–Kier alpha value is -3.52. The molecule has 8 nitrogen and oxygen atoms in total. The Kier molecular flexibility index (Phi) is 5.33. The second kappa shape index (κ2) is 8.08. The summed E-state index contributed by atoms with van der Waals surface area (Å²) in [7, 11) is 1.53. The first kappa shape index (κ1) is 19.8. The number of anilines is 1. The van der Waals surface area contributed by atoms with Gasteiger partial charge in [-0.05, 0) is 30.7 Å². The van der Waals surface area contributed by atoms with Crippen LogP contribution < -0.4 is 15.4 Å². The van der Waals surface area contributed by atoms with Crippen molar-refractivity contribution in [2.45, 2.75) is 32.1 Å². The summed E-state index contributed by atoms with van der Waals surface area (Å²) >= 11 is 0. The number of nitrogens with two attached hydrogens (primary N) is 1. The lowest BCUT2D eigenvalue weighted by Gasteiger charge is -2.27. The number of methoxy groups -OCH3 is 1. The zero-order valence-corrected chi connectivity index (χ0v) is 16.7. The highest BCUT2D eigenvalue weighted by atomic mass is 16.5. The van der Waals surface area contributed by atoms with E-state index in [0.29, 0.717) is 41.3 Å². The third-order valence-corrected chi connectivity index (χ3v) is 5.04. The van der Waals surface area contributed by atoms with Crippen molar-refractivity contribution in [2.75, 3.05) is 12.0 Å². The monoisotopic (exact) mass is 406 g/mol. The third-order valence-electron chi connectivity index (χ3n) is 5.04. The molecule has 0 aliphatic carbocycles. The first-order valence-corrected chi connectivity index (χ1v) is 9.72. The topological polar surface area (TPSA) is 108 Å². The Morgan fingerprint density at radius 2 is 1.93 bits per heavy atom. The summed E-state index contributed by atoms with van der Waals surface area (Å²) < 4.78 is 11.3. The fraction of sp³-hybridized carbons (Fsp3) is 0.273. The van der Waals surface area contributed by atoms with Crippen molar-refractivity contribution in [3.05, 3.63) is 59.7 Å². The highest BCUT2D eigenvalue weighted by Crippen LogP contribution is 2.39. The van der Waals surface area contributed by atoms with Gasteiger partial charge >= 0.3 is 0 Å². The lowest BCUT2D eigenvalue weighted by Crippen LogP contribution is -2.38. The number of fused-ring (bicyclic) bond motifs is 2. The number of pyridine rings is 2. The molecule has 0 fully saturated rings. The maximum atomic E-state index is 13.2. The minimum absolute atomic E-state index is 0.259. The number of ether oxygens (including phenoxy) is 2. The van der Waals surface area contributed by atoms with E-state index < -0.39 is 18.2 Å². The molecule has 2 atom stereocenters. The van der Waals surface area contributed by atoms with Crippen molar-refractivity contribution >= 4 is 28.7 Å². The molecule has 0 bridgehead atoms. The first-order valence-electron chi connectivity index (χ1n) is 9.72. The molecule has 0 radical (unpaired) electrons. The van der Waals surface area contributed by atoms with Crippen molar-refractivity contribution in [2.24, 2.45) is 5.73 Å². The average molecular weight is 406 g/mol. The van der Waals surface area contributed by atoms with Gasteiger partial charge in [-0.25, -0.2) is 4.98 Å². The van der Waals surface area contributed by atoms with Crippen molar-refractivity contribution in [1.29, 1.82) is 0 Å². The summed E-state index contributed by atoms with van der Waals surface area (Å²) in [6, 6.07) is 14.3. The fourth-order valence-corrected chi connectivity index (χ4v) is 3.56. The number of primary amides is 1. The summed E-state index contributed by atoms with van der Waals surface area (Å²) in [5.74, 6) is -0.0292. The minimum Gasteiger partial charge on any atom is -0.481 e. The quantitative estimate of drug-likeness (QED) is 0.646. The number of rotatable bonds is 7. The van der Waals surface area contributed by atoms with Crippen LogP contribution in [0, 0.1) is 0 Å². The zero-order chi connectivity index (χ0) is 21.3. The summed E-state index contributed by atoms with van der Waals surface area (Å²) in [5.41, 5.74) is 7.15. The first-order chi connectivity index (χ1) is 14.5. The molecule has 154 valence electrons. The molecule has 1 aliphatic heterocycles. The van der Waals surface area contributed by atoms with Crippen molar-refractivity contribution in [3.63, 3.8) is 0 Å².